The maximum atomic E-state index is 13.4. The number of aromatic nitrogens is 2. The van der Waals surface area contributed by atoms with Gasteiger partial charge in [0.15, 0.2) is 0 Å². The lowest BCUT2D eigenvalue weighted by Gasteiger charge is -2.16. The van der Waals surface area contributed by atoms with Gasteiger partial charge in [-0.05, 0) is 60.4 Å². The van der Waals surface area contributed by atoms with Crippen LogP contribution in [0.25, 0.3) is 0 Å². The summed E-state index contributed by atoms with van der Waals surface area (Å²) >= 11 is 1.09. The van der Waals surface area contributed by atoms with E-state index in [1.54, 1.807) is 28.1 Å². The van der Waals surface area contributed by atoms with Crippen molar-refractivity contribution in [2.24, 2.45) is 4.99 Å². The molecule has 0 saturated carbocycles. The number of ether oxygens (including phenoxy) is 2. The number of nitrogens with one attached hydrogen (secondary N) is 1. The Kier molecular flexibility index (Phi) is 8.83. The number of carbonyl (C=O) groups is 1. The highest BCUT2D eigenvalue weighted by molar-refractivity contribution is 7.15. The van der Waals surface area contributed by atoms with Gasteiger partial charge in [0.1, 0.15) is 33.2 Å². The molecular formula is C29H27F3N4O3S. The number of hydrogen-bond acceptors (Lipinski definition) is 7. The van der Waals surface area contributed by atoms with Gasteiger partial charge in [-0.3, -0.25) is 9.79 Å². The van der Waals surface area contributed by atoms with Crippen LogP contribution in [0.2, 0.25) is 0 Å². The van der Waals surface area contributed by atoms with Gasteiger partial charge in [-0.2, -0.15) is 13.2 Å². The number of anilines is 1. The number of nitrogens with zero attached hydrogens (tertiary/aromatic N) is 3. The third-order valence-corrected chi connectivity index (χ3v) is 7.24. The first-order valence-corrected chi connectivity index (χ1v) is 13.1. The number of halogens is 3. The van der Waals surface area contributed by atoms with Crippen LogP contribution in [-0.2, 0) is 12.6 Å². The number of aliphatic imine (C=N–C) groups is 1. The van der Waals surface area contributed by atoms with Gasteiger partial charge in [0.2, 0.25) is 0 Å². The van der Waals surface area contributed by atoms with Crippen LogP contribution in [0.4, 0.5) is 19.0 Å². The summed E-state index contributed by atoms with van der Waals surface area (Å²) in [5.41, 5.74) is 1.66. The van der Waals surface area contributed by atoms with Crippen LogP contribution in [0.1, 0.15) is 56.8 Å². The van der Waals surface area contributed by atoms with Crippen LogP contribution >= 0.6 is 11.3 Å². The monoisotopic (exact) mass is 568 g/mol. The van der Waals surface area contributed by atoms with Gasteiger partial charge in [0, 0.05) is 6.20 Å². The summed E-state index contributed by atoms with van der Waals surface area (Å²) in [4.78, 5) is 26.3. The Hall–Kier alpha value is -4.25. The Morgan fingerprint density at radius 3 is 2.05 bits per heavy atom. The van der Waals surface area contributed by atoms with E-state index in [1.807, 2.05) is 48.5 Å². The highest BCUT2D eigenvalue weighted by Gasteiger charge is 2.33. The predicted molar refractivity (Wildman–Crippen MR) is 149 cm³/mol. The van der Waals surface area contributed by atoms with E-state index in [9.17, 15) is 18.0 Å². The highest BCUT2D eigenvalue weighted by Crippen LogP contribution is 2.34. The average molecular weight is 569 g/mol. The van der Waals surface area contributed by atoms with E-state index in [-0.39, 0.29) is 28.7 Å². The van der Waals surface area contributed by atoms with Crippen molar-refractivity contribution in [1.29, 1.82) is 0 Å². The van der Waals surface area contributed by atoms with Crippen molar-refractivity contribution in [2.75, 3.05) is 19.5 Å². The fraction of sp³-hybridized carbons (Fsp3) is 0.241. The Bertz CT molecular complexity index is 1450. The molecule has 0 aliphatic rings. The summed E-state index contributed by atoms with van der Waals surface area (Å²) in [6.07, 6.45) is -1.88. The lowest BCUT2D eigenvalue weighted by Crippen LogP contribution is -2.15. The largest absolute Gasteiger partial charge is 0.497 e. The van der Waals surface area contributed by atoms with Crippen molar-refractivity contribution in [1.82, 2.24) is 9.97 Å². The van der Waals surface area contributed by atoms with Gasteiger partial charge in [0.05, 0.1) is 31.7 Å². The van der Waals surface area contributed by atoms with Gasteiger partial charge < -0.3 is 14.8 Å². The Labute approximate surface area is 233 Å². The molecule has 2 heterocycles. The van der Waals surface area contributed by atoms with Crippen molar-refractivity contribution >= 4 is 28.8 Å². The van der Waals surface area contributed by atoms with Gasteiger partial charge >= 0.3 is 6.18 Å². The van der Waals surface area contributed by atoms with E-state index in [4.69, 9.17) is 14.5 Å². The second-order valence-corrected chi connectivity index (χ2v) is 9.76. The molecule has 2 aromatic heterocycles. The minimum absolute atomic E-state index is 0.0562. The third-order valence-electron chi connectivity index (χ3n) is 6.14. The van der Waals surface area contributed by atoms with Crippen LogP contribution in [0.3, 0.4) is 0 Å². The lowest BCUT2D eigenvalue weighted by molar-refractivity contribution is -0.138. The van der Waals surface area contributed by atoms with Crippen molar-refractivity contribution in [3.63, 3.8) is 0 Å². The van der Waals surface area contributed by atoms with Crippen LogP contribution in [0, 0.1) is 0 Å². The molecule has 11 heteroatoms. The molecule has 40 heavy (non-hydrogen) atoms. The summed E-state index contributed by atoms with van der Waals surface area (Å²) in [5.74, 6) is 0.640. The molecule has 208 valence electrons. The van der Waals surface area contributed by atoms with E-state index in [0.717, 1.165) is 46.2 Å². The molecule has 2 aromatic carbocycles. The molecule has 0 unspecified atom stereocenters. The van der Waals surface area contributed by atoms with Crippen LogP contribution in [0.15, 0.2) is 72.0 Å². The zero-order valence-corrected chi connectivity index (χ0v) is 23.1. The first-order valence-electron chi connectivity index (χ1n) is 12.3. The van der Waals surface area contributed by atoms with Crippen molar-refractivity contribution < 1.29 is 27.4 Å². The minimum Gasteiger partial charge on any atom is -0.497 e. The van der Waals surface area contributed by atoms with E-state index < -0.39 is 17.6 Å². The fourth-order valence-corrected chi connectivity index (χ4v) is 4.75. The zero-order valence-electron chi connectivity index (χ0n) is 22.2. The maximum absolute atomic E-state index is 13.4. The van der Waals surface area contributed by atoms with Crippen molar-refractivity contribution in [2.45, 2.75) is 32.5 Å². The molecule has 0 aliphatic heterocycles. The first kappa shape index (κ1) is 28.8. The Balaban J connectivity index is 1.59. The van der Waals surface area contributed by atoms with Crippen LogP contribution in [-0.4, -0.2) is 35.8 Å². The first-order chi connectivity index (χ1) is 19.1. The minimum atomic E-state index is -4.55. The lowest BCUT2D eigenvalue weighted by atomic mass is 9.99. The number of amides is 1. The number of hydrogen-bond donors (Lipinski definition) is 1. The topological polar surface area (TPSA) is 85.7 Å². The van der Waals surface area contributed by atoms with E-state index >= 15 is 0 Å². The Morgan fingerprint density at radius 1 is 0.975 bits per heavy atom. The van der Waals surface area contributed by atoms with E-state index in [0.29, 0.717) is 10.7 Å². The highest BCUT2D eigenvalue weighted by atomic mass is 32.1. The number of benzene rings is 2. The Morgan fingerprint density at radius 2 is 1.55 bits per heavy atom. The molecule has 0 aliphatic carbocycles. The van der Waals surface area contributed by atoms with Crippen molar-refractivity contribution in [3.05, 3.63) is 99.1 Å². The second kappa shape index (κ2) is 12.3. The number of carbonyl (C=O) groups excluding carboxylic acids is 1. The summed E-state index contributed by atoms with van der Waals surface area (Å²) in [5, 5.41) is 2.95. The number of pyridine rings is 1. The van der Waals surface area contributed by atoms with Gasteiger partial charge in [-0.15, -0.1) is 11.3 Å². The summed E-state index contributed by atoms with van der Waals surface area (Å²) in [6.45, 7) is 3.41. The van der Waals surface area contributed by atoms with Gasteiger partial charge in [-0.1, -0.05) is 31.2 Å². The van der Waals surface area contributed by atoms with Crippen LogP contribution in [0.5, 0.6) is 11.5 Å². The smallest absolute Gasteiger partial charge is 0.416 e. The molecular weight excluding hydrogens is 541 g/mol. The molecule has 4 aromatic rings. The number of alkyl halides is 3. The van der Waals surface area contributed by atoms with Gasteiger partial charge in [-0.25, -0.2) is 9.97 Å². The summed E-state index contributed by atoms with van der Waals surface area (Å²) < 4.78 is 50.8. The van der Waals surface area contributed by atoms with E-state index in [1.165, 1.54) is 6.20 Å². The average Bonchev–Trinajstić information content (AvgIpc) is 3.46. The number of thiazole rings is 1. The standard InChI is InChI=1S/C29H27F3N4O3S/c1-5-18-15-33-25(14-23(18)29(30,31)32)36-27(37)24-16-34-28(40-24)17(2)35-26(19-6-10-21(38-3)11-7-19)20-8-12-22(39-4)13-9-20/h6-16,26H,5H2,1-4H3,(H,33,36,37). The van der Waals surface area contributed by atoms with Gasteiger partial charge in [0.25, 0.3) is 5.91 Å². The van der Waals surface area contributed by atoms with E-state index in [2.05, 4.69) is 15.3 Å². The molecule has 0 spiro atoms. The quantitative estimate of drug-likeness (QED) is 0.220. The molecule has 4 rings (SSSR count). The summed E-state index contributed by atoms with van der Waals surface area (Å²) in [7, 11) is 3.19. The number of methoxy groups -OCH3 is 2. The third kappa shape index (κ3) is 6.66. The maximum Gasteiger partial charge on any atom is 0.416 e. The molecule has 0 bridgehead atoms. The molecule has 1 amide bonds. The second-order valence-electron chi connectivity index (χ2n) is 8.73. The number of aryl methyl sites for hydroxylation is 1. The SMILES string of the molecule is CCc1cnc(NC(=O)c2cnc(C(C)=NC(c3ccc(OC)cc3)c3ccc(OC)cc3)s2)cc1C(F)(F)F. The normalized spacial score (nSPS) is 11.9. The zero-order chi connectivity index (χ0) is 28.9. The molecule has 0 atom stereocenters. The molecule has 7 nitrogen and oxygen atoms in total. The molecule has 0 fully saturated rings. The van der Waals surface area contributed by atoms with Crippen LogP contribution < -0.4 is 14.8 Å². The summed E-state index contributed by atoms with van der Waals surface area (Å²) in [6, 6.07) is 15.6. The number of rotatable bonds is 9. The fourth-order valence-electron chi connectivity index (χ4n) is 3.98. The molecule has 0 saturated heterocycles. The molecule has 0 radical (unpaired) electrons. The molecule has 1 N–H and O–H groups in total. The van der Waals surface area contributed by atoms with Crippen molar-refractivity contribution in [3.8, 4) is 11.5 Å². The predicted octanol–water partition coefficient (Wildman–Crippen LogP) is 6.99.